The molecule has 1 heterocycles. The number of esters is 1. The zero-order valence-corrected chi connectivity index (χ0v) is 12.0. The number of ether oxygens (including phenoxy) is 3. The van der Waals surface area contributed by atoms with Crippen molar-refractivity contribution in [3.63, 3.8) is 0 Å². The fourth-order valence-electron chi connectivity index (χ4n) is 2.25. The first-order chi connectivity index (χ1) is 10.2. The summed E-state index contributed by atoms with van der Waals surface area (Å²) in [7, 11) is 1.30. The van der Waals surface area contributed by atoms with E-state index in [-0.39, 0.29) is 6.61 Å². The second-order valence-electron chi connectivity index (χ2n) is 4.87. The van der Waals surface area contributed by atoms with Gasteiger partial charge in [0.1, 0.15) is 12.1 Å². The molecule has 0 aliphatic carbocycles. The van der Waals surface area contributed by atoms with Crippen LogP contribution in [0.4, 0.5) is 4.79 Å². The van der Waals surface area contributed by atoms with Gasteiger partial charge in [0.2, 0.25) is 0 Å². The number of benzene rings is 1. The molecule has 1 fully saturated rings. The molecule has 1 aliphatic heterocycles. The van der Waals surface area contributed by atoms with Crippen LogP contribution >= 0.6 is 0 Å². The maximum Gasteiger partial charge on any atom is 0.408 e. The van der Waals surface area contributed by atoms with Crippen molar-refractivity contribution in [2.75, 3.05) is 20.3 Å². The van der Waals surface area contributed by atoms with E-state index in [1.54, 1.807) is 0 Å². The summed E-state index contributed by atoms with van der Waals surface area (Å²) in [6, 6.07) is 9.34. The molecule has 0 aromatic heterocycles. The van der Waals surface area contributed by atoms with Gasteiger partial charge in [0.05, 0.1) is 7.11 Å². The fourth-order valence-corrected chi connectivity index (χ4v) is 2.25. The summed E-state index contributed by atoms with van der Waals surface area (Å²) in [4.78, 5) is 23.9. The van der Waals surface area contributed by atoms with Crippen LogP contribution in [0.25, 0.3) is 0 Å². The standard InChI is InChI=1S/C15H19NO5/c1-19-13(17)15(7-9-20-10-8-15)16-14(18)21-11-12-5-3-2-4-6-12/h2-6H,7-11H2,1H3,(H,16,18). The first-order valence-corrected chi connectivity index (χ1v) is 6.81. The Balaban J connectivity index is 1.93. The molecule has 1 amide bonds. The summed E-state index contributed by atoms with van der Waals surface area (Å²) in [5.74, 6) is -0.470. The quantitative estimate of drug-likeness (QED) is 0.854. The zero-order chi connectivity index (χ0) is 15.1. The molecule has 1 N–H and O–H groups in total. The van der Waals surface area contributed by atoms with Gasteiger partial charge in [-0.1, -0.05) is 30.3 Å². The SMILES string of the molecule is COC(=O)C1(NC(=O)OCc2ccccc2)CCOCC1. The van der Waals surface area contributed by atoms with Crippen molar-refractivity contribution in [1.29, 1.82) is 0 Å². The number of alkyl carbamates (subject to hydrolysis) is 1. The van der Waals surface area contributed by atoms with Crippen molar-refractivity contribution in [2.45, 2.75) is 25.0 Å². The number of rotatable bonds is 4. The lowest BCUT2D eigenvalue weighted by atomic mass is 9.90. The zero-order valence-electron chi connectivity index (χ0n) is 12.0. The molecule has 1 aromatic rings. The van der Waals surface area contributed by atoms with Crippen LogP contribution in [-0.2, 0) is 25.6 Å². The molecule has 0 atom stereocenters. The van der Waals surface area contributed by atoms with Gasteiger partial charge in [0.15, 0.2) is 0 Å². The van der Waals surface area contributed by atoms with Crippen molar-refractivity contribution >= 4 is 12.1 Å². The fraction of sp³-hybridized carbons (Fsp3) is 0.467. The van der Waals surface area contributed by atoms with Crippen LogP contribution in [0, 0.1) is 0 Å². The van der Waals surface area contributed by atoms with E-state index in [9.17, 15) is 9.59 Å². The van der Waals surface area contributed by atoms with Crippen LogP contribution in [0.1, 0.15) is 18.4 Å². The van der Waals surface area contributed by atoms with Gasteiger partial charge in [-0.05, 0) is 5.56 Å². The predicted octanol–water partition coefficient (Wildman–Crippen LogP) is 1.63. The topological polar surface area (TPSA) is 73.9 Å². The summed E-state index contributed by atoms with van der Waals surface area (Å²) < 4.78 is 15.2. The van der Waals surface area contributed by atoms with Gasteiger partial charge >= 0.3 is 12.1 Å². The molecule has 0 saturated carbocycles. The molecule has 6 nitrogen and oxygen atoms in total. The average molecular weight is 293 g/mol. The van der Waals surface area contributed by atoms with Gasteiger partial charge in [-0.25, -0.2) is 9.59 Å². The maximum absolute atomic E-state index is 12.0. The van der Waals surface area contributed by atoms with E-state index in [0.717, 1.165) is 5.56 Å². The molecule has 0 radical (unpaired) electrons. The van der Waals surface area contributed by atoms with Crippen LogP contribution in [0.2, 0.25) is 0 Å². The third-order valence-corrected chi connectivity index (χ3v) is 3.48. The first kappa shape index (κ1) is 15.3. The van der Waals surface area contributed by atoms with Crippen LogP contribution in [-0.4, -0.2) is 37.9 Å². The van der Waals surface area contributed by atoms with Crippen molar-refractivity contribution in [3.8, 4) is 0 Å². The Morgan fingerprint density at radius 2 is 1.90 bits per heavy atom. The van der Waals surface area contributed by atoms with Crippen LogP contribution in [0.3, 0.4) is 0 Å². The van der Waals surface area contributed by atoms with Gasteiger partial charge in [-0.15, -0.1) is 0 Å². The van der Waals surface area contributed by atoms with Gasteiger partial charge in [0, 0.05) is 26.1 Å². The number of hydrogen-bond acceptors (Lipinski definition) is 5. The van der Waals surface area contributed by atoms with Gasteiger partial charge in [-0.2, -0.15) is 0 Å². The molecule has 6 heteroatoms. The second-order valence-corrected chi connectivity index (χ2v) is 4.87. The summed E-state index contributed by atoms with van der Waals surface area (Å²) in [6.45, 7) is 0.947. The summed E-state index contributed by atoms with van der Waals surface area (Å²) in [6.07, 6.45) is 0.117. The molecular formula is C15H19NO5. The first-order valence-electron chi connectivity index (χ1n) is 6.81. The highest BCUT2D eigenvalue weighted by Crippen LogP contribution is 2.22. The number of carbonyl (C=O) groups is 2. The van der Waals surface area contributed by atoms with E-state index in [1.807, 2.05) is 30.3 Å². The third-order valence-electron chi connectivity index (χ3n) is 3.48. The molecule has 1 saturated heterocycles. The van der Waals surface area contributed by atoms with E-state index in [4.69, 9.17) is 14.2 Å². The molecule has 2 rings (SSSR count). The lowest BCUT2D eigenvalue weighted by Crippen LogP contribution is -2.58. The largest absolute Gasteiger partial charge is 0.467 e. The minimum Gasteiger partial charge on any atom is -0.467 e. The average Bonchev–Trinajstić information content (AvgIpc) is 2.54. The normalized spacial score (nSPS) is 16.8. The summed E-state index contributed by atoms with van der Waals surface area (Å²) in [5.41, 5.74) is -0.174. The van der Waals surface area contributed by atoms with Crippen LogP contribution in [0.15, 0.2) is 30.3 Å². The van der Waals surface area contributed by atoms with Gasteiger partial charge in [-0.3, -0.25) is 0 Å². The highest BCUT2D eigenvalue weighted by atomic mass is 16.6. The van der Waals surface area contributed by atoms with E-state index in [2.05, 4.69) is 5.32 Å². The summed E-state index contributed by atoms with van der Waals surface area (Å²) in [5, 5.41) is 2.64. The minimum atomic E-state index is -1.05. The Morgan fingerprint density at radius 3 is 2.52 bits per heavy atom. The number of amides is 1. The molecule has 1 aliphatic rings. The van der Waals surface area contributed by atoms with Gasteiger partial charge in [0.25, 0.3) is 0 Å². The molecule has 0 bridgehead atoms. The highest BCUT2D eigenvalue weighted by molar-refractivity contribution is 5.85. The lowest BCUT2D eigenvalue weighted by molar-refractivity contribution is -0.152. The van der Waals surface area contributed by atoms with Gasteiger partial charge < -0.3 is 19.5 Å². The van der Waals surface area contributed by atoms with Crippen LogP contribution in [0.5, 0.6) is 0 Å². The minimum absolute atomic E-state index is 0.153. The molecular weight excluding hydrogens is 274 g/mol. The number of methoxy groups -OCH3 is 1. The Kier molecular flexibility index (Phi) is 5.16. The van der Waals surface area contributed by atoms with E-state index in [0.29, 0.717) is 26.1 Å². The molecule has 0 unspecified atom stereocenters. The smallest absolute Gasteiger partial charge is 0.408 e. The molecule has 0 spiro atoms. The number of hydrogen-bond donors (Lipinski definition) is 1. The van der Waals surface area contributed by atoms with Crippen molar-refractivity contribution in [3.05, 3.63) is 35.9 Å². The Hall–Kier alpha value is -2.08. The van der Waals surface area contributed by atoms with Crippen molar-refractivity contribution in [2.24, 2.45) is 0 Å². The second kappa shape index (κ2) is 7.08. The molecule has 114 valence electrons. The Morgan fingerprint density at radius 1 is 1.24 bits per heavy atom. The molecule has 1 aromatic carbocycles. The monoisotopic (exact) mass is 293 g/mol. The Labute approximate surface area is 123 Å². The summed E-state index contributed by atoms with van der Waals surface area (Å²) >= 11 is 0. The van der Waals surface area contributed by atoms with Crippen molar-refractivity contribution in [1.82, 2.24) is 5.32 Å². The maximum atomic E-state index is 12.0. The number of nitrogens with one attached hydrogen (secondary N) is 1. The van der Waals surface area contributed by atoms with Crippen LogP contribution < -0.4 is 5.32 Å². The lowest BCUT2D eigenvalue weighted by Gasteiger charge is -2.34. The van der Waals surface area contributed by atoms with E-state index >= 15 is 0 Å². The molecule has 21 heavy (non-hydrogen) atoms. The van der Waals surface area contributed by atoms with E-state index in [1.165, 1.54) is 7.11 Å². The number of carbonyl (C=O) groups excluding carboxylic acids is 2. The Bertz CT molecular complexity index is 482. The van der Waals surface area contributed by atoms with Crippen molar-refractivity contribution < 1.29 is 23.8 Å². The highest BCUT2D eigenvalue weighted by Gasteiger charge is 2.43. The third kappa shape index (κ3) is 3.95. The predicted molar refractivity (Wildman–Crippen MR) is 74.6 cm³/mol. The van der Waals surface area contributed by atoms with E-state index < -0.39 is 17.6 Å².